The third-order valence-electron chi connectivity index (χ3n) is 9.44. The van der Waals surface area contributed by atoms with Gasteiger partial charge in [-0.15, -0.1) is 0 Å². The summed E-state index contributed by atoms with van der Waals surface area (Å²) in [6.45, 7) is 4.45. The van der Waals surface area contributed by atoms with Gasteiger partial charge in [0.05, 0.1) is 12.5 Å². The molecule has 2 atom stereocenters. The van der Waals surface area contributed by atoms with E-state index in [0.717, 1.165) is 44.9 Å². The zero-order chi connectivity index (χ0) is 38.0. The van der Waals surface area contributed by atoms with E-state index in [1.54, 1.807) is 0 Å². The van der Waals surface area contributed by atoms with Gasteiger partial charge in [-0.1, -0.05) is 168 Å². The molecule has 0 aromatic heterocycles. The Hall–Kier alpha value is -2.62. The van der Waals surface area contributed by atoms with Crippen molar-refractivity contribution in [2.75, 3.05) is 0 Å². The molecule has 0 aromatic rings. The largest absolute Gasteiger partial charge is 0.481 e. The molecule has 0 spiro atoms. The highest BCUT2D eigenvalue weighted by Crippen LogP contribution is 2.17. The Morgan fingerprint density at radius 3 is 1.16 bits per heavy atom. The van der Waals surface area contributed by atoms with Crippen molar-refractivity contribution in [1.82, 2.24) is 0 Å². The lowest BCUT2D eigenvalue weighted by molar-refractivity contribution is -0.169. The average molecular weight is 724 g/mol. The molecule has 0 aliphatic heterocycles. The first-order chi connectivity index (χ1) is 24.6. The molecule has 0 rings (SSSR count). The smallest absolute Gasteiger partial charge is 0.324 e. The van der Waals surface area contributed by atoms with Crippen LogP contribution in [0.4, 0.5) is 0 Å². The van der Waals surface area contributed by atoms with Crippen LogP contribution in [0.15, 0.2) is 0 Å². The number of carboxylic acid groups (broad SMARTS) is 1. The van der Waals surface area contributed by atoms with Gasteiger partial charge in [-0.05, 0) is 19.3 Å². The van der Waals surface area contributed by atoms with Crippen molar-refractivity contribution < 1.29 is 43.3 Å². The van der Waals surface area contributed by atoms with Crippen LogP contribution in [-0.2, 0) is 38.2 Å². The van der Waals surface area contributed by atoms with E-state index >= 15 is 0 Å². The quantitative estimate of drug-likeness (QED) is 0.0361. The molecule has 1 unspecified atom stereocenters. The molecule has 0 aliphatic carbocycles. The highest BCUT2D eigenvalue weighted by Gasteiger charge is 2.36. The van der Waals surface area contributed by atoms with Crippen molar-refractivity contribution in [3.05, 3.63) is 0 Å². The van der Waals surface area contributed by atoms with Gasteiger partial charge >= 0.3 is 29.8 Å². The van der Waals surface area contributed by atoms with Crippen molar-refractivity contribution >= 4 is 35.6 Å². The minimum atomic E-state index is -1.78. The summed E-state index contributed by atoms with van der Waals surface area (Å²) in [5.74, 6) is -7.80. The van der Waals surface area contributed by atoms with Crippen LogP contribution >= 0.6 is 0 Å². The molecular weight excluding hydrogens is 650 g/mol. The van der Waals surface area contributed by atoms with Crippen LogP contribution in [0.5, 0.6) is 0 Å². The standard InChI is InChI=1S/C41H73NO9/c1-3-5-7-9-11-13-15-17-19-21-23-25-27-29-37(45)50-39(47)33-34(40(48)35(42)31-32-36(43)44)41(49)51-38(46)30-28-26-24-22-20-18-16-14-12-10-8-6-4-2/h34-35H,3-33,42H2,1-2H3,(H,43,44)/t34?,35-/m0/s1. The Labute approximate surface area is 309 Å². The summed E-state index contributed by atoms with van der Waals surface area (Å²) in [6.07, 6.45) is 28.3. The van der Waals surface area contributed by atoms with Crippen LogP contribution in [0.3, 0.4) is 0 Å². The van der Waals surface area contributed by atoms with Gasteiger partial charge in [-0.2, -0.15) is 0 Å². The molecule has 0 amide bonds. The molecule has 0 aliphatic rings. The fourth-order valence-electron chi connectivity index (χ4n) is 6.17. The summed E-state index contributed by atoms with van der Waals surface area (Å²) in [5.41, 5.74) is 5.84. The van der Waals surface area contributed by atoms with Crippen molar-refractivity contribution in [1.29, 1.82) is 0 Å². The number of rotatable bonds is 36. The van der Waals surface area contributed by atoms with E-state index in [1.807, 2.05) is 0 Å². The molecule has 10 heteroatoms. The first-order valence-corrected chi connectivity index (χ1v) is 20.6. The van der Waals surface area contributed by atoms with Crippen molar-refractivity contribution in [2.24, 2.45) is 11.7 Å². The number of ketones is 1. The fourth-order valence-corrected chi connectivity index (χ4v) is 6.17. The summed E-state index contributed by atoms with van der Waals surface area (Å²) in [5, 5.41) is 8.95. The number of nitrogens with two attached hydrogens (primary N) is 1. The van der Waals surface area contributed by atoms with E-state index in [9.17, 15) is 28.8 Å². The zero-order valence-electron chi connectivity index (χ0n) is 32.4. The summed E-state index contributed by atoms with van der Waals surface area (Å²) < 4.78 is 9.78. The third kappa shape index (κ3) is 30.7. The minimum Gasteiger partial charge on any atom is -0.481 e. The van der Waals surface area contributed by atoms with Gasteiger partial charge in [0.1, 0.15) is 5.92 Å². The number of hydrogen-bond acceptors (Lipinski definition) is 9. The molecule has 0 bridgehead atoms. The topological polar surface area (TPSA) is 167 Å². The number of unbranched alkanes of at least 4 members (excludes halogenated alkanes) is 24. The van der Waals surface area contributed by atoms with Crippen LogP contribution in [0.2, 0.25) is 0 Å². The molecule has 0 radical (unpaired) electrons. The predicted molar refractivity (Wildman–Crippen MR) is 201 cm³/mol. The molecule has 51 heavy (non-hydrogen) atoms. The van der Waals surface area contributed by atoms with Crippen LogP contribution < -0.4 is 5.73 Å². The molecule has 3 N–H and O–H groups in total. The molecule has 0 saturated carbocycles. The molecular formula is C41H73NO9. The Kier molecular flexibility index (Phi) is 32.7. The number of carbonyl (C=O) groups is 6. The Morgan fingerprint density at radius 2 is 0.804 bits per heavy atom. The summed E-state index contributed by atoms with van der Waals surface area (Å²) in [7, 11) is 0. The van der Waals surface area contributed by atoms with Gasteiger partial charge < -0.3 is 20.3 Å². The first-order valence-electron chi connectivity index (χ1n) is 20.6. The second kappa shape index (κ2) is 34.5. The van der Waals surface area contributed by atoms with E-state index in [4.69, 9.17) is 20.3 Å². The summed E-state index contributed by atoms with van der Waals surface area (Å²) >= 11 is 0. The number of carbonyl (C=O) groups excluding carboxylic acids is 5. The highest BCUT2D eigenvalue weighted by atomic mass is 16.6. The van der Waals surface area contributed by atoms with Gasteiger partial charge in [0.25, 0.3) is 0 Å². The van der Waals surface area contributed by atoms with Crippen molar-refractivity contribution in [2.45, 2.75) is 219 Å². The second-order valence-electron chi connectivity index (χ2n) is 14.3. The van der Waals surface area contributed by atoms with Crippen LogP contribution in [-0.4, -0.2) is 46.8 Å². The number of aliphatic carboxylic acids is 1. The van der Waals surface area contributed by atoms with Crippen LogP contribution in [0.25, 0.3) is 0 Å². The molecule has 0 heterocycles. The van der Waals surface area contributed by atoms with E-state index < -0.39 is 60.4 Å². The molecule has 10 nitrogen and oxygen atoms in total. The maximum absolute atomic E-state index is 13.0. The highest BCUT2D eigenvalue weighted by molar-refractivity contribution is 6.06. The first kappa shape index (κ1) is 48.4. The van der Waals surface area contributed by atoms with E-state index in [0.29, 0.717) is 12.8 Å². The third-order valence-corrected chi connectivity index (χ3v) is 9.44. The molecule has 0 aromatic carbocycles. The average Bonchev–Trinajstić information content (AvgIpc) is 3.09. The van der Waals surface area contributed by atoms with Gasteiger partial charge in [-0.25, -0.2) is 0 Å². The number of hydrogen-bond donors (Lipinski definition) is 2. The van der Waals surface area contributed by atoms with E-state index in [2.05, 4.69) is 13.8 Å². The van der Waals surface area contributed by atoms with E-state index in [-0.39, 0.29) is 19.3 Å². The van der Waals surface area contributed by atoms with Crippen molar-refractivity contribution in [3.8, 4) is 0 Å². The Morgan fingerprint density at radius 1 is 0.471 bits per heavy atom. The lowest BCUT2D eigenvalue weighted by Crippen LogP contribution is -2.41. The van der Waals surface area contributed by atoms with Gasteiger partial charge in [0, 0.05) is 19.3 Å². The van der Waals surface area contributed by atoms with Gasteiger partial charge in [-0.3, -0.25) is 28.8 Å². The summed E-state index contributed by atoms with van der Waals surface area (Å²) in [4.78, 5) is 74.1. The van der Waals surface area contributed by atoms with Crippen LogP contribution in [0.1, 0.15) is 213 Å². The lowest BCUT2D eigenvalue weighted by Gasteiger charge is -2.17. The van der Waals surface area contributed by atoms with Gasteiger partial charge in [0.15, 0.2) is 5.78 Å². The Balaban J connectivity index is 4.49. The predicted octanol–water partition coefficient (Wildman–Crippen LogP) is 9.86. The number of Topliss-reactive ketones (excluding diaryl/α,β-unsaturated/α-hetero) is 1. The molecule has 0 saturated heterocycles. The maximum Gasteiger partial charge on any atom is 0.324 e. The molecule has 296 valence electrons. The number of carboxylic acids is 1. The minimum absolute atomic E-state index is 0.0163. The SMILES string of the molecule is CCCCCCCCCCCCCCCC(=O)OC(=O)CC(C(=O)OC(=O)CCCCCCCCCCCCCCC)C(=O)[C@@H](N)CCC(=O)O. The maximum atomic E-state index is 13.0. The fraction of sp³-hybridized carbons (Fsp3) is 0.854. The number of esters is 4. The van der Waals surface area contributed by atoms with Gasteiger partial charge in [0.2, 0.25) is 0 Å². The molecule has 0 fully saturated rings. The Bertz CT molecular complexity index is 951. The van der Waals surface area contributed by atoms with Crippen molar-refractivity contribution in [3.63, 3.8) is 0 Å². The summed E-state index contributed by atoms with van der Waals surface area (Å²) in [6, 6.07) is -1.37. The number of ether oxygens (including phenoxy) is 2. The normalized spacial score (nSPS) is 12.3. The lowest BCUT2D eigenvalue weighted by atomic mass is 9.93. The monoisotopic (exact) mass is 724 g/mol. The zero-order valence-corrected chi connectivity index (χ0v) is 32.4. The van der Waals surface area contributed by atoms with E-state index in [1.165, 1.54) is 109 Å². The van der Waals surface area contributed by atoms with Crippen LogP contribution in [0, 0.1) is 5.92 Å². The second-order valence-corrected chi connectivity index (χ2v) is 14.3.